The van der Waals surface area contributed by atoms with E-state index in [1.165, 1.54) is 6.26 Å². The molecule has 0 bridgehead atoms. The van der Waals surface area contributed by atoms with Crippen molar-refractivity contribution in [1.82, 2.24) is 0 Å². The molecule has 84 valence electrons. The van der Waals surface area contributed by atoms with Gasteiger partial charge in [0, 0.05) is 25.5 Å². The van der Waals surface area contributed by atoms with Gasteiger partial charge < -0.3 is 10.5 Å². The van der Waals surface area contributed by atoms with Crippen molar-refractivity contribution < 1.29 is 13.2 Å². The quantitative estimate of drug-likeness (QED) is 0.718. The van der Waals surface area contributed by atoms with Gasteiger partial charge in [0.25, 0.3) is 0 Å². The first-order valence-electron chi connectivity index (χ1n) is 4.98. The standard InChI is InChI=1S/C9H19NO3S/c1-14(11,12)5-3-9(10)6-8-2-4-13-7-8/h8-9H,2-7,10H2,1H3. The van der Waals surface area contributed by atoms with Crippen LogP contribution in [0.1, 0.15) is 19.3 Å². The highest BCUT2D eigenvalue weighted by molar-refractivity contribution is 7.90. The SMILES string of the molecule is CS(=O)(=O)CCC(N)CC1CCOC1. The molecule has 0 aromatic heterocycles. The molecule has 4 nitrogen and oxygen atoms in total. The molecule has 1 saturated heterocycles. The molecule has 2 N–H and O–H groups in total. The second-order valence-electron chi connectivity index (χ2n) is 4.14. The molecule has 1 fully saturated rings. The van der Waals surface area contributed by atoms with Gasteiger partial charge >= 0.3 is 0 Å². The zero-order valence-corrected chi connectivity index (χ0v) is 9.42. The van der Waals surface area contributed by atoms with E-state index in [2.05, 4.69) is 0 Å². The molecule has 0 saturated carbocycles. The van der Waals surface area contributed by atoms with Crippen LogP contribution in [0.25, 0.3) is 0 Å². The molecule has 14 heavy (non-hydrogen) atoms. The zero-order valence-electron chi connectivity index (χ0n) is 8.61. The van der Waals surface area contributed by atoms with Crippen molar-refractivity contribution in [1.29, 1.82) is 0 Å². The molecule has 1 heterocycles. The molecule has 0 spiro atoms. The normalized spacial score (nSPS) is 25.1. The summed E-state index contributed by atoms with van der Waals surface area (Å²) < 4.78 is 27.0. The fraction of sp³-hybridized carbons (Fsp3) is 1.00. The van der Waals surface area contributed by atoms with Crippen molar-refractivity contribution >= 4 is 9.84 Å². The van der Waals surface area contributed by atoms with Crippen molar-refractivity contribution in [2.45, 2.75) is 25.3 Å². The Morgan fingerprint density at radius 2 is 2.29 bits per heavy atom. The Balaban J connectivity index is 2.18. The third kappa shape index (κ3) is 4.93. The second kappa shape index (κ2) is 5.09. The van der Waals surface area contributed by atoms with E-state index < -0.39 is 9.84 Å². The maximum absolute atomic E-state index is 10.9. The van der Waals surface area contributed by atoms with Crippen LogP contribution >= 0.6 is 0 Å². The lowest BCUT2D eigenvalue weighted by atomic mass is 9.98. The molecule has 1 rings (SSSR count). The van der Waals surface area contributed by atoms with Gasteiger partial charge in [-0.3, -0.25) is 0 Å². The van der Waals surface area contributed by atoms with Gasteiger partial charge in [-0.15, -0.1) is 0 Å². The monoisotopic (exact) mass is 221 g/mol. The van der Waals surface area contributed by atoms with Gasteiger partial charge in [0.05, 0.1) is 5.75 Å². The summed E-state index contributed by atoms with van der Waals surface area (Å²) in [5.41, 5.74) is 5.84. The maximum Gasteiger partial charge on any atom is 0.147 e. The summed E-state index contributed by atoms with van der Waals surface area (Å²) >= 11 is 0. The van der Waals surface area contributed by atoms with Crippen molar-refractivity contribution in [2.75, 3.05) is 25.2 Å². The summed E-state index contributed by atoms with van der Waals surface area (Å²) in [5.74, 6) is 0.728. The van der Waals surface area contributed by atoms with Gasteiger partial charge in [0.2, 0.25) is 0 Å². The van der Waals surface area contributed by atoms with Gasteiger partial charge in [0.15, 0.2) is 0 Å². The molecule has 0 aromatic carbocycles. The van der Waals surface area contributed by atoms with Crippen LogP contribution in [0.15, 0.2) is 0 Å². The van der Waals surface area contributed by atoms with E-state index in [-0.39, 0.29) is 11.8 Å². The predicted octanol–water partition coefficient (Wildman–Crippen LogP) is 0.175. The van der Waals surface area contributed by atoms with E-state index in [9.17, 15) is 8.42 Å². The average Bonchev–Trinajstić information content (AvgIpc) is 2.52. The van der Waals surface area contributed by atoms with Crippen molar-refractivity contribution in [3.05, 3.63) is 0 Å². The first kappa shape index (κ1) is 11.9. The molecule has 1 aliphatic heterocycles. The van der Waals surface area contributed by atoms with Gasteiger partial charge in [-0.05, 0) is 25.2 Å². The smallest absolute Gasteiger partial charge is 0.147 e. The number of hydrogen-bond donors (Lipinski definition) is 1. The molecule has 2 atom stereocenters. The van der Waals surface area contributed by atoms with Gasteiger partial charge in [-0.25, -0.2) is 8.42 Å². The van der Waals surface area contributed by atoms with Gasteiger partial charge in [-0.2, -0.15) is 0 Å². The minimum absolute atomic E-state index is 0.00331. The Labute approximate surface area is 85.7 Å². The number of rotatable bonds is 5. The van der Waals surface area contributed by atoms with E-state index in [4.69, 9.17) is 10.5 Å². The molecule has 1 aliphatic rings. The molecule has 2 unspecified atom stereocenters. The van der Waals surface area contributed by atoms with Crippen molar-refractivity contribution in [2.24, 2.45) is 11.7 Å². The first-order valence-corrected chi connectivity index (χ1v) is 7.04. The fourth-order valence-corrected chi connectivity index (χ4v) is 2.41. The van der Waals surface area contributed by atoms with Gasteiger partial charge in [-0.1, -0.05) is 0 Å². The Morgan fingerprint density at radius 1 is 1.57 bits per heavy atom. The van der Waals surface area contributed by atoms with Crippen molar-refractivity contribution in [3.8, 4) is 0 Å². The highest BCUT2D eigenvalue weighted by atomic mass is 32.2. The molecule has 0 aliphatic carbocycles. The Bertz CT molecular complexity index is 257. The molecule has 0 radical (unpaired) electrons. The summed E-state index contributed by atoms with van der Waals surface area (Å²) in [6, 6.07) is -0.00331. The van der Waals surface area contributed by atoms with Crippen LogP contribution < -0.4 is 5.73 Å². The van der Waals surface area contributed by atoms with Crippen LogP contribution in [-0.4, -0.2) is 39.7 Å². The van der Waals surface area contributed by atoms with E-state index in [0.29, 0.717) is 12.3 Å². The van der Waals surface area contributed by atoms with Crippen LogP contribution in [-0.2, 0) is 14.6 Å². The second-order valence-corrected chi connectivity index (χ2v) is 6.40. The lowest BCUT2D eigenvalue weighted by Gasteiger charge is -2.14. The molecule has 5 heteroatoms. The zero-order chi connectivity index (χ0) is 10.6. The van der Waals surface area contributed by atoms with Crippen molar-refractivity contribution in [3.63, 3.8) is 0 Å². The van der Waals surface area contributed by atoms with E-state index in [0.717, 1.165) is 26.1 Å². The summed E-state index contributed by atoms with van der Waals surface area (Å²) in [6.45, 7) is 1.61. The predicted molar refractivity (Wildman–Crippen MR) is 55.8 cm³/mol. The summed E-state index contributed by atoms with van der Waals surface area (Å²) in [7, 11) is -2.86. The highest BCUT2D eigenvalue weighted by Crippen LogP contribution is 2.18. The lowest BCUT2D eigenvalue weighted by molar-refractivity contribution is 0.182. The lowest BCUT2D eigenvalue weighted by Crippen LogP contribution is -2.26. The van der Waals surface area contributed by atoms with E-state index in [1.807, 2.05) is 0 Å². The van der Waals surface area contributed by atoms with Crippen LogP contribution in [0.5, 0.6) is 0 Å². The van der Waals surface area contributed by atoms with E-state index in [1.54, 1.807) is 0 Å². The van der Waals surface area contributed by atoms with Crippen LogP contribution in [0.2, 0.25) is 0 Å². The number of ether oxygens (including phenoxy) is 1. The minimum atomic E-state index is -2.86. The molecular formula is C9H19NO3S. The Morgan fingerprint density at radius 3 is 2.79 bits per heavy atom. The summed E-state index contributed by atoms with van der Waals surface area (Å²) in [5, 5.41) is 0. The minimum Gasteiger partial charge on any atom is -0.381 e. The number of nitrogens with two attached hydrogens (primary N) is 1. The van der Waals surface area contributed by atoms with Crippen LogP contribution in [0, 0.1) is 5.92 Å². The number of sulfone groups is 1. The van der Waals surface area contributed by atoms with Gasteiger partial charge in [0.1, 0.15) is 9.84 Å². The first-order chi connectivity index (χ1) is 6.47. The Kier molecular flexibility index (Phi) is 4.34. The molecule has 0 amide bonds. The van der Waals surface area contributed by atoms with Crippen LogP contribution in [0.4, 0.5) is 0 Å². The summed E-state index contributed by atoms with van der Waals surface area (Å²) in [4.78, 5) is 0. The van der Waals surface area contributed by atoms with E-state index >= 15 is 0 Å². The molecular weight excluding hydrogens is 202 g/mol. The van der Waals surface area contributed by atoms with Crippen LogP contribution in [0.3, 0.4) is 0 Å². The largest absolute Gasteiger partial charge is 0.381 e. The fourth-order valence-electron chi connectivity index (χ4n) is 1.68. The third-order valence-electron chi connectivity index (χ3n) is 2.52. The molecule has 0 aromatic rings. The highest BCUT2D eigenvalue weighted by Gasteiger charge is 2.19. The third-order valence-corrected chi connectivity index (χ3v) is 3.50. The summed E-state index contributed by atoms with van der Waals surface area (Å²) in [6.07, 6.45) is 3.76. The maximum atomic E-state index is 10.9. The topological polar surface area (TPSA) is 69.4 Å². The number of hydrogen-bond acceptors (Lipinski definition) is 4. The average molecular weight is 221 g/mol. The Hall–Kier alpha value is -0.130.